The van der Waals surface area contributed by atoms with Crippen LogP contribution in [-0.4, -0.2) is 48.1 Å². The highest BCUT2D eigenvalue weighted by molar-refractivity contribution is 6.10. The second-order valence-corrected chi connectivity index (χ2v) is 8.94. The zero-order valence-electron chi connectivity index (χ0n) is 19.5. The van der Waals surface area contributed by atoms with Crippen LogP contribution in [0.2, 0.25) is 0 Å². The van der Waals surface area contributed by atoms with Gasteiger partial charge in [0, 0.05) is 37.2 Å². The number of fused-ring (bicyclic) bond motifs is 3. The fourth-order valence-electron chi connectivity index (χ4n) is 4.44. The van der Waals surface area contributed by atoms with Crippen molar-refractivity contribution < 1.29 is 22.8 Å². The lowest BCUT2D eigenvalue weighted by Crippen LogP contribution is -2.47. The molecule has 1 aliphatic heterocycles. The minimum atomic E-state index is -4.53. The van der Waals surface area contributed by atoms with Crippen LogP contribution in [0.1, 0.15) is 35.0 Å². The van der Waals surface area contributed by atoms with Crippen molar-refractivity contribution in [3.63, 3.8) is 0 Å². The normalized spacial score (nSPS) is 16.3. The molecule has 0 saturated carbocycles. The monoisotopic (exact) mass is 497 g/mol. The Morgan fingerprint density at radius 1 is 1.19 bits per heavy atom. The number of benzene rings is 1. The van der Waals surface area contributed by atoms with Gasteiger partial charge in [-0.2, -0.15) is 18.3 Å². The van der Waals surface area contributed by atoms with Gasteiger partial charge in [-0.1, -0.05) is 6.92 Å². The number of hydrogen-bond donors (Lipinski definition) is 1. The number of carbonyl (C=O) groups excluding carboxylic acids is 2. The van der Waals surface area contributed by atoms with Crippen molar-refractivity contribution in [3.8, 4) is 0 Å². The third-order valence-corrected chi connectivity index (χ3v) is 6.24. The molecule has 4 heterocycles. The van der Waals surface area contributed by atoms with Gasteiger partial charge in [-0.25, -0.2) is 9.99 Å². The second-order valence-electron chi connectivity index (χ2n) is 8.94. The summed E-state index contributed by atoms with van der Waals surface area (Å²) in [6.45, 7) is 2.03. The van der Waals surface area contributed by atoms with Crippen LogP contribution in [0.3, 0.4) is 0 Å². The van der Waals surface area contributed by atoms with Crippen molar-refractivity contribution in [2.24, 2.45) is 13.0 Å². The molecule has 36 heavy (non-hydrogen) atoms. The Balaban J connectivity index is 1.55. The van der Waals surface area contributed by atoms with Crippen molar-refractivity contribution >= 4 is 39.4 Å². The largest absolute Gasteiger partial charge is 0.417 e. The van der Waals surface area contributed by atoms with E-state index < -0.39 is 17.6 Å². The Labute approximate surface area is 203 Å². The number of nitrogen functional groups attached to an aromatic ring is 1. The lowest BCUT2D eigenvalue weighted by molar-refractivity contribution is -0.140. The fourth-order valence-corrected chi connectivity index (χ4v) is 4.44. The quantitative estimate of drug-likeness (QED) is 0.462. The van der Waals surface area contributed by atoms with E-state index in [0.29, 0.717) is 34.2 Å². The average Bonchev–Trinajstić information content (AvgIpc) is 3.38. The van der Waals surface area contributed by atoms with Crippen LogP contribution < -0.4 is 5.73 Å². The molecule has 4 aromatic rings. The number of hydrogen-bond acceptors (Lipinski definition) is 6. The number of halogens is 3. The van der Waals surface area contributed by atoms with E-state index in [1.165, 1.54) is 16.1 Å². The highest BCUT2D eigenvalue weighted by Crippen LogP contribution is 2.31. The molecule has 12 heteroatoms. The minimum Gasteiger partial charge on any atom is -0.383 e. The average molecular weight is 497 g/mol. The first-order valence-electron chi connectivity index (χ1n) is 11.2. The number of alkyl halides is 3. The van der Waals surface area contributed by atoms with Gasteiger partial charge in [-0.15, -0.1) is 0 Å². The molecule has 5 rings (SSSR count). The standard InChI is InChI=1S/C24H22F3N7O2/c1-13-7-20(35)33(11-13)34(12-16-5-4-15(9-29-16)24(25,26)27)23(36)14-3-6-19-17(8-14)21-18(22(28)31-19)10-30-32(21)2/h3-6,8-10,13H,7,11-12H2,1-2H3,(H2,28,31). The van der Waals surface area contributed by atoms with Crippen LogP contribution in [0.25, 0.3) is 21.8 Å². The van der Waals surface area contributed by atoms with Crippen LogP contribution in [0.15, 0.2) is 42.7 Å². The molecule has 2 N–H and O–H groups in total. The van der Waals surface area contributed by atoms with Gasteiger partial charge in [0.15, 0.2) is 0 Å². The number of hydrazine groups is 1. The van der Waals surface area contributed by atoms with Crippen molar-refractivity contribution in [3.05, 3.63) is 59.5 Å². The molecule has 0 spiro atoms. The molecule has 0 bridgehead atoms. The fraction of sp³-hybridized carbons (Fsp3) is 0.292. The van der Waals surface area contributed by atoms with Crippen molar-refractivity contribution in [1.29, 1.82) is 0 Å². The van der Waals surface area contributed by atoms with Crippen molar-refractivity contribution in [1.82, 2.24) is 29.8 Å². The molecule has 1 aromatic carbocycles. The SMILES string of the molecule is CC1CC(=O)N(N(Cc2ccc(C(F)(F)F)cn2)C(=O)c2ccc3nc(N)c4cnn(C)c4c3c2)C1. The van der Waals surface area contributed by atoms with Gasteiger partial charge in [-0.05, 0) is 36.2 Å². The number of pyridine rings is 2. The smallest absolute Gasteiger partial charge is 0.383 e. The first kappa shape index (κ1) is 23.5. The van der Waals surface area contributed by atoms with Gasteiger partial charge in [0.2, 0.25) is 5.91 Å². The number of carbonyl (C=O) groups is 2. The summed E-state index contributed by atoms with van der Waals surface area (Å²) in [6.07, 6.45) is -1.95. The number of amides is 2. The maximum absolute atomic E-state index is 13.7. The summed E-state index contributed by atoms with van der Waals surface area (Å²) in [5.41, 5.74) is 6.93. The molecule has 1 atom stereocenters. The number of anilines is 1. The molecular weight excluding hydrogens is 475 g/mol. The molecular formula is C24H22F3N7O2. The summed E-state index contributed by atoms with van der Waals surface area (Å²) in [4.78, 5) is 34.7. The van der Waals surface area contributed by atoms with Gasteiger partial charge < -0.3 is 5.73 Å². The van der Waals surface area contributed by atoms with Crippen LogP contribution in [-0.2, 0) is 24.6 Å². The molecule has 1 fully saturated rings. The lowest BCUT2D eigenvalue weighted by atomic mass is 10.1. The summed E-state index contributed by atoms with van der Waals surface area (Å²) in [7, 11) is 1.75. The van der Waals surface area contributed by atoms with E-state index in [2.05, 4.69) is 15.1 Å². The highest BCUT2D eigenvalue weighted by atomic mass is 19.4. The Morgan fingerprint density at radius 2 is 1.97 bits per heavy atom. The van der Waals surface area contributed by atoms with Gasteiger partial charge >= 0.3 is 6.18 Å². The number of nitrogens with zero attached hydrogens (tertiary/aromatic N) is 6. The van der Waals surface area contributed by atoms with Crippen LogP contribution in [0, 0.1) is 5.92 Å². The summed E-state index contributed by atoms with van der Waals surface area (Å²) in [6, 6.07) is 7.01. The summed E-state index contributed by atoms with van der Waals surface area (Å²) >= 11 is 0. The number of nitrogens with two attached hydrogens (primary N) is 1. The topological polar surface area (TPSA) is 110 Å². The third kappa shape index (κ3) is 4.08. The summed E-state index contributed by atoms with van der Waals surface area (Å²) in [5, 5.41) is 8.12. The van der Waals surface area contributed by atoms with Gasteiger partial charge in [0.05, 0.1) is 40.4 Å². The number of rotatable bonds is 4. The van der Waals surface area contributed by atoms with Gasteiger partial charge in [0.25, 0.3) is 5.91 Å². The minimum absolute atomic E-state index is 0.0196. The Morgan fingerprint density at radius 3 is 2.61 bits per heavy atom. The number of aryl methyl sites for hydroxylation is 1. The molecule has 1 saturated heterocycles. The predicted molar refractivity (Wildman–Crippen MR) is 125 cm³/mol. The molecule has 9 nitrogen and oxygen atoms in total. The van der Waals surface area contributed by atoms with E-state index >= 15 is 0 Å². The Hall–Kier alpha value is -4.22. The van der Waals surface area contributed by atoms with Gasteiger partial charge in [0.1, 0.15) is 5.82 Å². The molecule has 0 radical (unpaired) electrons. The van der Waals surface area contributed by atoms with E-state index in [-0.39, 0.29) is 36.0 Å². The first-order valence-corrected chi connectivity index (χ1v) is 11.2. The zero-order valence-corrected chi connectivity index (χ0v) is 19.5. The molecule has 186 valence electrons. The molecule has 1 unspecified atom stereocenters. The van der Waals surface area contributed by atoms with Crippen molar-refractivity contribution in [2.75, 3.05) is 12.3 Å². The molecule has 0 aliphatic carbocycles. The van der Waals surface area contributed by atoms with Crippen LogP contribution in [0.5, 0.6) is 0 Å². The predicted octanol–water partition coefficient (Wildman–Crippen LogP) is 3.54. The van der Waals surface area contributed by atoms with Crippen LogP contribution >= 0.6 is 0 Å². The summed E-state index contributed by atoms with van der Waals surface area (Å²) < 4.78 is 40.5. The van der Waals surface area contributed by atoms with Crippen LogP contribution in [0.4, 0.5) is 19.0 Å². The van der Waals surface area contributed by atoms with E-state index in [9.17, 15) is 22.8 Å². The zero-order chi connectivity index (χ0) is 25.8. The maximum atomic E-state index is 13.7. The van der Waals surface area contributed by atoms with E-state index in [1.807, 2.05) is 6.92 Å². The maximum Gasteiger partial charge on any atom is 0.417 e. The Kier molecular flexibility index (Phi) is 5.53. The first-order chi connectivity index (χ1) is 17.0. The van der Waals surface area contributed by atoms with E-state index in [1.54, 1.807) is 36.1 Å². The molecule has 3 aromatic heterocycles. The Bertz CT molecular complexity index is 1500. The molecule has 1 aliphatic rings. The van der Waals surface area contributed by atoms with Gasteiger partial charge in [-0.3, -0.25) is 24.3 Å². The molecule has 2 amide bonds. The summed E-state index contributed by atoms with van der Waals surface area (Å²) in [5.74, 6) is -0.400. The number of aromatic nitrogens is 4. The van der Waals surface area contributed by atoms with Crippen molar-refractivity contribution in [2.45, 2.75) is 26.1 Å². The second kappa shape index (κ2) is 8.47. The third-order valence-electron chi connectivity index (χ3n) is 6.24. The highest BCUT2D eigenvalue weighted by Gasteiger charge is 2.35. The van der Waals surface area contributed by atoms with E-state index in [0.717, 1.165) is 12.3 Å². The lowest BCUT2D eigenvalue weighted by Gasteiger charge is -2.32. The van der Waals surface area contributed by atoms with E-state index in [4.69, 9.17) is 5.73 Å².